The molecule has 1 saturated heterocycles. The standard InChI is InChI=1S/C16H24N4O5S.ClH/c1-3-12(2)15(17)16(21)18-7-9-19(10-8-18)26(24,25)14-6-4-5-13(11-14)20(22)23;/h4-6,11-12,15H,3,7-10,17H2,1-2H3;1H. The van der Waals surface area contributed by atoms with Gasteiger partial charge in [0.2, 0.25) is 15.9 Å². The molecule has 0 bridgehead atoms. The van der Waals surface area contributed by atoms with E-state index in [0.717, 1.165) is 12.5 Å². The van der Waals surface area contributed by atoms with Gasteiger partial charge in [0.05, 0.1) is 15.9 Å². The van der Waals surface area contributed by atoms with Gasteiger partial charge in [0.15, 0.2) is 0 Å². The van der Waals surface area contributed by atoms with E-state index in [4.69, 9.17) is 5.73 Å². The molecule has 1 amide bonds. The SMILES string of the molecule is CCC(C)C(N)C(=O)N1CCN(S(=O)(=O)c2cccc([N+](=O)[O-])c2)CC1.Cl. The number of nitro groups is 1. The third-order valence-corrected chi connectivity index (χ3v) is 6.65. The maximum atomic E-state index is 12.7. The van der Waals surface area contributed by atoms with Crippen LogP contribution in [0.4, 0.5) is 5.69 Å². The molecule has 1 aliphatic heterocycles. The Labute approximate surface area is 165 Å². The first-order chi connectivity index (χ1) is 12.2. The maximum Gasteiger partial charge on any atom is 0.270 e. The summed E-state index contributed by atoms with van der Waals surface area (Å²) >= 11 is 0. The van der Waals surface area contributed by atoms with Crippen molar-refractivity contribution in [1.82, 2.24) is 9.21 Å². The summed E-state index contributed by atoms with van der Waals surface area (Å²) < 4.78 is 26.6. The maximum absolute atomic E-state index is 12.7. The average molecular weight is 421 g/mol. The molecule has 0 aliphatic carbocycles. The van der Waals surface area contributed by atoms with Crippen LogP contribution in [0.1, 0.15) is 20.3 Å². The molecule has 0 spiro atoms. The Kier molecular flexibility index (Phi) is 8.15. The zero-order valence-corrected chi connectivity index (χ0v) is 16.9. The number of rotatable bonds is 6. The monoisotopic (exact) mass is 420 g/mol. The van der Waals surface area contributed by atoms with Crippen LogP contribution in [0, 0.1) is 16.0 Å². The van der Waals surface area contributed by atoms with Crippen LogP contribution in [0.15, 0.2) is 29.2 Å². The largest absolute Gasteiger partial charge is 0.339 e. The predicted molar refractivity (Wildman–Crippen MR) is 103 cm³/mol. The zero-order valence-electron chi connectivity index (χ0n) is 15.3. The Bertz CT molecular complexity index is 781. The van der Waals surface area contributed by atoms with Gasteiger partial charge in [0, 0.05) is 38.3 Å². The first kappa shape index (κ1) is 23.3. The molecule has 0 radical (unpaired) electrons. The average Bonchev–Trinajstić information content (AvgIpc) is 2.66. The molecule has 27 heavy (non-hydrogen) atoms. The van der Waals surface area contributed by atoms with Gasteiger partial charge in [-0.1, -0.05) is 26.3 Å². The number of carbonyl (C=O) groups excluding carboxylic acids is 1. The summed E-state index contributed by atoms with van der Waals surface area (Å²) in [7, 11) is -3.85. The van der Waals surface area contributed by atoms with Crippen LogP contribution < -0.4 is 5.73 Å². The van der Waals surface area contributed by atoms with E-state index in [-0.39, 0.29) is 61.0 Å². The first-order valence-electron chi connectivity index (χ1n) is 8.47. The van der Waals surface area contributed by atoms with Gasteiger partial charge < -0.3 is 10.6 Å². The highest BCUT2D eigenvalue weighted by molar-refractivity contribution is 7.89. The van der Waals surface area contributed by atoms with Crippen molar-refractivity contribution < 1.29 is 18.1 Å². The van der Waals surface area contributed by atoms with Crippen LogP contribution in [-0.2, 0) is 14.8 Å². The van der Waals surface area contributed by atoms with Crippen molar-refractivity contribution in [1.29, 1.82) is 0 Å². The van der Waals surface area contributed by atoms with E-state index >= 15 is 0 Å². The van der Waals surface area contributed by atoms with Gasteiger partial charge >= 0.3 is 0 Å². The number of sulfonamides is 1. The number of nitro benzene ring substituents is 1. The zero-order chi connectivity index (χ0) is 19.5. The van der Waals surface area contributed by atoms with Gasteiger partial charge in [-0.15, -0.1) is 12.4 Å². The molecular formula is C16H25ClN4O5S. The van der Waals surface area contributed by atoms with Crippen LogP contribution in [0.5, 0.6) is 0 Å². The molecular weight excluding hydrogens is 396 g/mol. The molecule has 1 aromatic rings. The Morgan fingerprint density at radius 3 is 2.41 bits per heavy atom. The Balaban J connectivity index is 0.00000364. The van der Waals surface area contributed by atoms with Crippen LogP contribution >= 0.6 is 12.4 Å². The lowest BCUT2D eigenvalue weighted by Gasteiger charge is -2.36. The molecule has 152 valence electrons. The highest BCUT2D eigenvalue weighted by Gasteiger charge is 2.33. The number of nitrogens with two attached hydrogens (primary N) is 1. The summed E-state index contributed by atoms with van der Waals surface area (Å²) in [6.07, 6.45) is 0.786. The molecule has 2 N–H and O–H groups in total. The number of non-ortho nitro benzene ring substituents is 1. The molecule has 2 rings (SSSR count). The van der Waals surface area contributed by atoms with E-state index in [2.05, 4.69) is 0 Å². The lowest BCUT2D eigenvalue weighted by Crippen LogP contribution is -2.55. The van der Waals surface area contributed by atoms with E-state index in [9.17, 15) is 23.3 Å². The Morgan fingerprint density at radius 2 is 1.89 bits per heavy atom. The van der Waals surface area contributed by atoms with Crippen LogP contribution in [-0.4, -0.2) is 60.7 Å². The van der Waals surface area contributed by atoms with Gasteiger partial charge in [-0.2, -0.15) is 4.31 Å². The van der Waals surface area contributed by atoms with Gasteiger partial charge in [-0.25, -0.2) is 8.42 Å². The predicted octanol–water partition coefficient (Wildman–Crippen LogP) is 1.22. The highest BCUT2D eigenvalue weighted by atomic mass is 35.5. The van der Waals surface area contributed by atoms with Gasteiger partial charge in [0.1, 0.15) is 0 Å². The smallest absolute Gasteiger partial charge is 0.270 e. The van der Waals surface area contributed by atoms with E-state index in [0.29, 0.717) is 0 Å². The number of carbonyl (C=O) groups is 1. The van der Waals surface area contributed by atoms with E-state index in [1.165, 1.54) is 22.5 Å². The fourth-order valence-corrected chi connectivity index (χ4v) is 4.23. The van der Waals surface area contributed by atoms with Crippen molar-refractivity contribution >= 4 is 34.0 Å². The van der Waals surface area contributed by atoms with Crippen molar-refractivity contribution in [2.24, 2.45) is 11.7 Å². The molecule has 1 aliphatic rings. The van der Waals surface area contributed by atoms with Crippen LogP contribution in [0.25, 0.3) is 0 Å². The number of hydrogen-bond donors (Lipinski definition) is 1. The molecule has 1 heterocycles. The van der Waals surface area contributed by atoms with Crippen molar-refractivity contribution in [2.45, 2.75) is 31.2 Å². The summed E-state index contributed by atoms with van der Waals surface area (Å²) in [5, 5.41) is 10.9. The lowest BCUT2D eigenvalue weighted by molar-refractivity contribution is -0.385. The Morgan fingerprint density at radius 1 is 1.30 bits per heavy atom. The van der Waals surface area contributed by atoms with Crippen molar-refractivity contribution in [2.75, 3.05) is 26.2 Å². The summed E-state index contributed by atoms with van der Waals surface area (Å²) in [5.74, 6) is -0.124. The molecule has 1 aromatic carbocycles. The molecule has 1 fully saturated rings. The minimum absolute atomic E-state index is 0. The molecule has 11 heteroatoms. The third-order valence-electron chi connectivity index (χ3n) is 4.76. The first-order valence-corrected chi connectivity index (χ1v) is 9.91. The fourth-order valence-electron chi connectivity index (χ4n) is 2.76. The quantitative estimate of drug-likeness (QED) is 0.544. The third kappa shape index (κ3) is 5.16. The second-order valence-corrected chi connectivity index (χ2v) is 8.33. The van der Waals surface area contributed by atoms with Crippen LogP contribution in [0.3, 0.4) is 0 Å². The topological polar surface area (TPSA) is 127 Å². The Hall–Kier alpha value is -1.75. The van der Waals surface area contributed by atoms with Crippen LogP contribution in [0.2, 0.25) is 0 Å². The summed E-state index contributed by atoms with van der Waals surface area (Å²) in [5.41, 5.74) is 5.69. The minimum atomic E-state index is -3.85. The van der Waals surface area contributed by atoms with E-state index in [1.807, 2.05) is 13.8 Å². The molecule has 9 nitrogen and oxygen atoms in total. The lowest BCUT2D eigenvalue weighted by atomic mass is 9.99. The molecule has 2 unspecified atom stereocenters. The number of benzene rings is 1. The molecule has 2 atom stereocenters. The summed E-state index contributed by atoms with van der Waals surface area (Å²) in [4.78, 5) is 24.1. The van der Waals surface area contributed by atoms with Crippen molar-refractivity contribution in [3.05, 3.63) is 34.4 Å². The summed E-state index contributed by atoms with van der Waals surface area (Å²) in [6.45, 7) is 4.62. The van der Waals surface area contributed by atoms with Gasteiger partial charge in [-0.3, -0.25) is 14.9 Å². The number of piperazine rings is 1. The van der Waals surface area contributed by atoms with E-state index < -0.39 is 21.0 Å². The van der Waals surface area contributed by atoms with Gasteiger partial charge in [-0.05, 0) is 12.0 Å². The van der Waals surface area contributed by atoms with E-state index in [1.54, 1.807) is 4.90 Å². The number of amides is 1. The number of nitrogens with zero attached hydrogens (tertiary/aromatic N) is 3. The highest BCUT2D eigenvalue weighted by Crippen LogP contribution is 2.22. The molecule has 0 saturated carbocycles. The second-order valence-electron chi connectivity index (χ2n) is 6.40. The normalized spacial score (nSPS) is 17.7. The number of hydrogen-bond acceptors (Lipinski definition) is 6. The fraction of sp³-hybridized carbons (Fsp3) is 0.562. The van der Waals surface area contributed by atoms with Gasteiger partial charge in [0.25, 0.3) is 5.69 Å². The number of halogens is 1. The minimum Gasteiger partial charge on any atom is -0.339 e. The second kappa shape index (κ2) is 9.45. The molecule has 0 aromatic heterocycles. The van der Waals surface area contributed by atoms with Crippen molar-refractivity contribution in [3.63, 3.8) is 0 Å². The summed E-state index contributed by atoms with van der Waals surface area (Å²) in [6, 6.07) is 4.37. The van der Waals surface area contributed by atoms with Crippen molar-refractivity contribution in [3.8, 4) is 0 Å².